The van der Waals surface area contributed by atoms with E-state index >= 15 is 0 Å². The van der Waals surface area contributed by atoms with Crippen LogP contribution in [0.2, 0.25) is 0 Å². The van der Waals surface area contributed by atoms with Crippen LogP contribution in [0.3, 0.4) is 0 Å². The Morgan fingerprint density at radius 2 is 2.00 bits per heavy atom. The van der Waals surface area contributed by atoms with Crippen molar-refractivity contribution in [1.29, 1.82) is 0 Å². The maximum atomic E-state index is 11.3. The van der Waals surface area contributed by atoms with Crippen LogP contribution in [0.5, 0.6) is 0 Å². The van der Waals surface area contributed by atoms with E-state index in [-0.39, 0.29) is 17.5 Å². The number of nitrogens with one attached hydrogen (secondary N) is 3. The number of hydrogen-bond acceptors (Lipinski definition) is 4. The second-order valence-electron chi connectivity index (χ2n) is 4.19. The van der Waals surface area contributed by atoms with E-state index in [1.165, 1.54) is 0 Å². The normalized spacial score (nSPS) is 21.2. The summed E-state index contributed by atoms with van der Waals surface area (Å²) < 4.78 is 22.6. The first-order chi connectivity index (χ1) is 8.55. The smallest absolute Gasteiger partial charge is 0.185 e. The highest BCUT2D eigenvalue weighted by Gasteiger charge is 2.28. The number of rotatable bonds is 3. The molecule has 1 heterocycles. The molecule has 98 valence electrons. The Morgan fingerprint density at radius 3 is 2.61 bits per heavy atom. The third-order valence-electron chi connectivity index (χ3n) is 2.66. The molecule has 7 heteroatoms. The van der Waals surface area contributed by atoms with Gasteiger partial charge in [0.05, 0.1) is 17.2 Å². The van der Waals surface area contributed by atoms with Crippen molar-refractivity contribution in [1.82, 2.24) is 10.7 Å². The summed E-state index contributed by atoms with van der Waals surface area (Å²) in [5.41, 5.74) is 6.65. The van der Waals surface area contributed by atoms with Gasteiger partial charge in [-0.1, -0.05) is 18.2 Å². The van der Waals surface area contributed by atoms with E-state index in [0.29, 0.717) is 11.5 Å². The minimum absolute atomic E-state index is 0.0902. The van der Waals surface area contributed by atoms with E-state index in [0.717, 1.165) is 5.69 Å². The molecule has 0 aliphatic carbocycles. The van der Waals surface area contributed by atoms with E-state index in [1.807, 2.05) is 30.3 Å². The zero-order valence-corrected chi connectivity index (χ0v) is 11.4. The minimum Gasteiger partial charge on any atom is -0.358 e. The van der Waals surface area contributed by atoms with Crippen LogP contribution >= 0.6 is 12.2 Å². The summed E-state index contributed by atoms with van der Waals surface area (Å²) in [6.07, 6.45) is 0.607. The summed E-state index contributed by atoms with van der Waals surface area (Å²) in [5.74, 6) is 0.388. The van der Waals surface area contributed by atoms with Crippen LogP contribution in [0.15, 0.2) is 30.3 Å². The van der Waals surface area contributed by atoms with Gasteiger partial charge in [-0.25, -0.2) is 8.42 Å². The number of benzene rings is 1. The summed E-state index contributed by atoms with van der Waals surface area (Å²) >= 11 is 5.09. The molecule has 0 spiro atoms. The van der Waals surface area contributed by atoms with Crippen molar-refractivity contribution in [2.24, 2.45) is 0 Å². The maximum Gasteiger partial charge on any atom is 0.185 e. The molecular weight excluding hydrogens is 270 g/mol. The van der Waals surface area contributed by atoms with E-state index in [2.05, 4.69) is 16.2 Å². The Kier molecular flexibility index (Phi) is 4.03. The van der Waals surface area contributed by atoms with Crippen molar-refractivity contribution >= 4 is 32.9 Å². The topological polar surface area (TPSA) is 70.2 Å². The summed E-state index contributed by atoms with van der Waals surface area (Å²) in [6.45, 7) is 0. The van der Waals surface area contributed by atoms with Crippen LogP contribution in [0.25, 0.3) is 0 Å². The number of thiocarbonyl (C=S) groups is 1. The lowest BCUT2D eigenvalue weighted by atomic mass is 10.3. The molecule has 0 aromatic heterocycles. The number of hydrazine groups is 1. The maximum absolute atomic E-state index is 11.3. The van der Waals surface area contributed by atoms with Crippen LogP contribution in [0.1, 0.15) is 6.42 Å². The molecule has 1 unspecified atom stereocenters. The lowest BCUT2D eigenvalue weighted by Gasteiger charge is -2.15. The number of anilines is 1. The molecule has 18 heavy (non-hydrogen) atoms. The van der Waals surface area contributed by atoms with Gasteiger partial charge in [-0.3, -0.25) is 10.9 Å². The first-order valence-corrected chi connectivity index (χ1v) is 7.86. The highest BCUT2D eigenvalue weighted by atomic mass is 32.2. The standard InChI is InChI=1S/C11H15N3O2S2/c15-18(16)7-6-10(8-18)12-11(17)14-13-9-4-2-1-3-5-9/h1-5,10,13H,6-8H2,(H2,12,14,17). The quantitative estimate of drug-likeness (QED) is 0.560. The highest BCUT2D eigenvalue weighted by molar-refractivity contribution is 7.91. The molecule has 1 atom stereocenters. The van der Waals surface area contributed by atoms with Crippen molar-refractivity contribution in [3.8, 4) is 0 Å². The molecule has 2 rings (SSSR count). The SMILES string of the molecule is O=S1(=O)CCC(NC(=S)NNc2ccccc2)C1. The first kappa shape index (κ1) is 13.1. The monoisotopic (exact) mass is 285 g/mol. The van der Waals surface area contributed by atoms with Crippen LogP contribution < -0.4 is 16.2 Å². The Morgan fingerprint density at radius 1 is 1.28 bits per heavy atom. The molecule has 1 aromatic carbocycles. The lowest BCUT2D eigenvalue weighted by molar-refractivity contribution is 0.600. The lowest BCUT2D eigenvalue weighted by Crippen LogP contribution is -2.44. The van der Waals surface area contributed by atoms with Crippen molar-refractivity contribution in [3.63, 3.8) is 0 Å². The van der Waals surface area contributed by atoms with E-state index < -0.39 is 9.84 Å². The largest absolute Gasteiger partial charge is 0.358 e. The Bertz CT molecular complexity index is 516. The third-order valence-corrected chi connectivity index (χ3v) is 4.65. The summed E-state index contributed by atoms with van der Waals surface area (Å²) in [4.78, 5) is 0. The van der Waals surface area contributed by atoms with Crippen molar-refractivity contribution in [3.05, 3.63) is 30.3 Å². The zero-order chi connectivity index (χ0) is 13.0. The molecule has 1 aliphatic rings. The molecule has 0 amide bonds. The predicted molar refractivity (Wildman–Crippen MR) is 76.0 cm³/mol. The fraction of sp³-hybridized carbons (Fsp3) is 0.364. The first-order valence-electron chi connectivity index (χ1n) is 5.63. The molecule has 1 aliphatic heterocycles. The number of hydrogen-bond donors (Lipinski definition) is 3. The van der Waals surface area contributed by atoms with Crippen molar-refractivity contribution < 1.29 is 8.42 Å². The molecule has 0 bridgehead atoms. The molecular formula is C11H15N3O2S2. The van der Waals surface area contributed by atoms with E-state index in [1.54, 1.807) is 0 Å². The van der Waals surface area contributed by atoms with Gasteiger partial charge in [0.2, 0.25) is 0 Å². The second kappa shape index (κ2) is 5.53. The number of para-hydroxylation sites is 1. The van der Waals surface area contributed by atoms with Gasteiger partial charge < -0.3 is 5.32 Å². The van der Waals surface area contributed by atoms with Gasteiger partial charge in [0.15, 0.2) is 14.9 Å². The summed E-state index contributed by atoms with van der Waals surface area (Å²) in [6, 6.07) is 9.44. The molecule has 0 saturated carbocycles. The van der Waals surface area contributed by atoms with Crippen LogP contribution in [0, 0.1) is 0 Å². The molecule has 1 fully saturated rings. The highest BCUT2D eigenvalue weighted by Crippen LogP contribution is 2.11. The van der Waals surface area contributed by atoms with Gasteiger partial charge in [-0.05, 0) is 30.8 Å². The molecule has 1 aromatic rings. The summed E-state index contributed by atoms with van der Waals surface area (Å²) in [7, 11) is -2.88. The number of sulfone groups is 1. The second-order valence-corrected chi connectivity index (χ2v) is 6.83. The van der Waals surface area contributed by atoms with Gasteiger partial charge in [0.25, 0.3) is 0 Å². The Balaban J connectivity index is 1.76. The Hall–Kier alpha value is -1.34. The third kappa shape index (κ3) is 3.85. The fourth-order valence-corrected chi connectivity index (χ4v) is 3.67. The molecule has 0 radical (unpaired) electrons. The molecule has 1 saturated heterocycles. The van der Waals surface area contributed by atoms with E-state index in [4.69, 9.17) is 12.2 Å². The van der Waals surface area contributed by atoms with Crippen LogP contribution in [-0.4, -0.2) is 31.1 Å². The fourth-order valence-electron chi connectivity index (χ4n) is 1.78. The van der Waals surface area contributed by atoms with Crippen LogP contribution in [0.4, 0.5) is 5.69 Å². The molecule has 3 N–H and O–H groups in total. The molecule has 5 nitrogen and oxygen atoms in total. The van der Waals surface area contributed by atoms with Gasteiger partial charge >= 0.3 is 0 Å². The summed E-state index contributed by atoms with van der Waals surface area (Å²) in [5, 5.41) is 3.39. The van der Waals surface area contributed by atoms with Gasteiger partial charge in [0, 0.05) is 6.04 Å². The van der Waals surface area contributed by atoms with Gasteiger partial charge in [-0.2, -0.15) is 0 Å². The van der Waals surface area contributed by atoms with Crippen molar-refractivity contribution in [2.75, 3.05) is 16.9 Å². The van der Waals surface area contributed by atoms with Crippen LogP contribution in [-0.2, 0) is 9.84 Å². The average Bonchev–Trinajstić information content (AvgIpc) is 2.67. The Labute approximate surface area is 112 Å². The minimum atomic E-state index is -2.88. The van der Waals surface area contributed by atoms with Gasteiger partial charge in [0.1, 0.15) is 0 Å². The van der Waals surface area contributed by atoms with Crippen molar-refractivity contribution in [2.45, 2.75) is 12.5 Å². The van der Waals surface area contributed by atoms with Gasteiger partial charge in [-0.15, -0.1) is 0 Å². The zero-order valence-electron chi connectivity index (χ0n) is 9.72. The van der Waals surface area contributed by atoms with E-state index in [9.17, 15) is 8.42 Å². The predicted octanol–water partition coefficient (Wildman–Crippen LogP) is 0.665. The average molecular weight is 285 g/mol.